The van der Waals surface area contributed by atoms with E-state index in [1.54, 1.807) is 0 Å². The van der Waals surface area contributed by atoms with E-state index in [4.69, 9.17) is 5.53 Å². The van der Waals surface area contributed by atoms with Crippen molar-refractivity contribution in [2.75, 3.05) is 0 Å². The summed E-state index contributed by atoms with van der Waals surface area (Å²) in [5.41, 5.74) is 7.50. The Morgan fingerprint density at radius 2 is 2.00 bits per heavy atom. The maximum absolute atomic E-state index is 11.0. The van der Waals surface area contributed by atoms with Crippen molar-refractivity contribution in [1.29, 1.82) is 0 Å². The molecular formula is C3H3F3N2. The van der Waals surface area contributed by atoms with Crippen LogP contribution in [0.25, 0.3) is 5.53 Å². The molecular weight excluding hydrogens is 121 g/mol. The molecule has 0 radical (unpaired) electrons. The number of nitrogens with zero attached hydrogens (tertiary/aromatic N) is 2. The third-order valence-corrected chi connectivity index (χ3v) is 0.404. The molecule has 0 saturated heterocycles. The summed E-state index contributed by atoms with van der Waals surface area (Å²) in [7, 11) is 0. The summed E-state index contributed by atoms with van der Waals surface area (Å²) in [6.07, 6.45) is -5.05. The van der Waals surface area contributed by atoms with Gasteiger partial charge in [0.05, 0.1) is 0 Å². The molecule has 0 amide bonds. The smallest absolute Gasteiger partial charge is 0.362 e. The Kier molecular flexibility index (Phi) is 2.21. The minimum Gasteiger partial charge on any atom is -0.362 e. The molecule has 0 rings (SSSR count). The average molecular weight is 124 g/mol. The van der Waals surface area contributed by atoms with Gasteiger partial charge in [-0.2, -0.15) is 18.0 Å². The Labute approximate surface area is 43.5 Å². The van der Waals surface area contributed by atoms with Crippen LogP contribution in [0.3, 0.4) is 0 Å². The molecule has 5 heteroatoms. The summed E-state index contributed by atoms with van der Waals surface area (Å²) < 4.78 is 33.1. The molecule has 0 atom stereocenters. The molecule has 0 aliphatic rings. The maximum Gasteiger partial charge on any atom is 0.399 e. The zero-order chi connectivity index (χ0) is 6.62. The highest BCUT2D eigenvalue weighted by molar-refractivity contribution is 5.50. The summed E-state index contributed by atoms with van der Waals surface area (Å²) in [6, 6.07) is 0. The van der Waals surface area contributed by atoms with Crippen LogP contribution >= 0.6 is 0 Å². The van der Waals surface area contributed by atoms with Crippen molar-refractivity contribution in [3.63, 3.8) is 0 Å². The van der Waals surface area contributed by atoms with E-state index >= 15 is 0 Å². The van der Waals surface area contributed by atoms with Crippen molar-refractivity contribution in [3.05, 3.63) is 5.53 Å². The third-order valence-electron chi connectivity index (χ3n) is 0.404. The maximum atomic E-state index is 11.0. The molecule has 0 aromatic carbocycles. The van der Waals surface area contributed by atoms with Gasteiger partial charge in [0.25, 0.3) is 6.21 Å². The van der Waals surface area contributed by atoms with Crippen molar-refractivity contribution in [2.45, 2.75) is 12.6 Å². The SMILES string of the molecule is [N-]=[N+]=CCC(F)(F)F. The molecule has 2 nitrogen and oxygen atoms in total. The Morgan fingerprint density at radius 3 is 2.12 bits per heavy atom. The van der Waals surface area contributed by atoms with Crippen molar-refractivity contribution in [2.24, 2.45) is 0 Å². The van der Waals surface area contributed by atoms with Gasteiger partial charge in [-0.3, -0.25) is 0 Å². The fourth-order valence-corrected chi connectivity index (χ4v) is 0.144. The minimum absolute atomic E-state index is 0.389. The van der Waals surface area contributed by atoms with E-state index in [-0.39, 0.29) is 0 Å². The van der Waals surface area contributed by atoms with E-state index in [0.717, 1.165) is 0 Å². The highest BCUT2D eigenvalue weighted by atomic mass is 19.4. The molecule has 0 aromatic rings. The molecule has 0 saturated carbocycles. The van der Waals surface area contributed by atoms with Gasteiger partial charge in [-0.25, -0.2) is 0 Å². The Balaban J connectivity index is 3.55. The van der Waals surface area contributed by atoms with Crippen LogP contribution in [0.2, 0.25) is 0 Å². The van der Waals surface area contributed by atoms with Gasteiger partial charge in [0.2, 0.25) is 0 Å². The molecule has 0 heterocycles. The molecule has 0 bridgehead atoms. The van der Waals surface area contributed by atoms with E-state index in [9.17, 15) is 13.2 Å². The van der Waals surface area contributed by atoms with Crippen LogP contribution < -0.4 is 0 Å². The first-order valence-corrected chi connectivity index (χ1v) is 1.79. The fourth-order valence-electron chi connectivity index (χ4n) is 0.144. The normalized spacial score (nSPS) is 10.4. The van der Waals surface area contributed by atoms with Gasteiger partial charge < -0.3 is 5.53 Å². The second-order valence-electron chi connectivity index (χ2n) is 1.12. The zero-order valence-corrected chi connectivity index (χ0v) is 3.81. The summed E-state index contributed by atoms with van der Waals surface area (Å²) in [4.78, 5) is 2.18. The summed E-state index contributed by atoms with van der Waals surface area (Å²) in [5.74, 6) is 0. The lowest BCUT2D eigenvalue weighted by Gasteiger charge is -1.94. The standard InChI is InChI=1S/C3H3F3N2/c4-3(5,6)1-2-8-7/h2H,1H2. The molecule has 0 aliphatic heterocycles. The number of hydrogen-bond acceptors (Lipinski definition) is 0. The average Bonchev–Trinajstić information content (AvgIpc) is 1.59. The summed E-state index contributed by atoms with van der Waals surface area (Å²) >= 11 is 0. The first-order chi connectivity index (χ1) is 3.56. The fraction of sp³-hybridized carbons (Fsp3) is 0.667. The molecule has 0 aliphatic carbocycles. The summed E-state index contributed by atoms with van der Waals surface area (Å²) in [6.45, 7) is 0. The highest BCUT2D eigenvalue weighted by Crippen LogP contribution is 2.16. The van der Waals surface area contributed by atoms with Crippen LogP contribution in [0.5, 0.6) is 0 Å². The molecule has 0 N–H and O–H groups in total. The number of alkyl halides is 3. The lowest BCUT2D eigenvalue weighted by Crippen LogP contribution is -2.07. The first kappa shape index (κ1) is 7.17. The van der Waals surface area contributed by atoms with E-state index < -0.39 is 12.6 Å². The van der Waals surface area contributed by atoms with Crippen molar-refractivity contribution >= 4 is 6.21 Å². The second-order valence-corrected chi connectivity index (χ2v) is 1.12. The van der Waals surface area contributed by atoms with Crippen molar-refractivity contribution in [3.8, 4) is 0 Å². The Morgan fingerprint density at radius 1 is 1.50 bits per heavy atom. The van der Waals surface area contributed by atoms with E-state index in [2.05, 4.69) is 4.79 Å². The van der Waals surface area contributed by atoms with Gasteiger partial charge in [0, 0.05) is 0 Å². The Bertz CT molecular complexity index is 110. The van der Waals surface area contributed by atoms with Gasteiger partial charge in [0.15, 0.2) is 0 Å². The van der Waals surface area contributed by atoms with Gasteiger partial charge in [-0.05, 0) is 0 Å². The summed E-state index contributed by atoms with van der Waals surface area (Å²) in [5, 5.41) is 0. The lowest BCUT2D eigenvalue weighted by molar-refractivity contribution is -0.126. The third kappa shape index (κ3) is 5.17. The van der Waals surface area contributed by atoms with Crippen molar-refractivity contribution < 1.29 is 18.0 Å². The molecule has 0 unspecified atom stereocenters. The predicted molar refractivity (Wildman–Crippen MR) is 20.4 cm³/mol. The van der Waals surface area contributed by atoms with Gasteiger partial charge in [0.1, 0.15) is 6.42 Å². The number of hydrogen-bond donors (Lipinski definition) is 0. The lowest BCUT2D eigenvalue weighted by atomic mass is 10.5. The molecule has 0 aromatic heterocycles. The topological polar surface area (TPSA) is 36.4 Å². The minimum atomic E-state index is -4.26. The van der Waals surface area contributed by atoms with Crippen LogP contribution in [-0.4, -0.2) is 17.2 Å². The molecule has 8 heavy (non-hydrogen) atoms. The van der Waals surface area contributed by atoms with E-state index in [1.165, 1.54) is 0 Å². The van der Waals surface area contributed by atoms with Gasteiger partial charge in [-0.1, -0.05) is 0 Å². The Hall–Kier alpha value is -0.830. The predicted octanol–water partition coefficient (Wildman–Crippen LogP) is 1.24. The highest BCUT2D eigenvalue weighted by Gasteiger charge is 2.27. The van der Waals surface area contributed by atoms with Gasteiger partial charge in [-0.15, -0.1) is 0 Å². The number of rotatable bonds is 1. The number of halogens is 3. The quantitative estimate of drug-likeness (QED) is 0.286. The largest absolute Gasteiger partial charge is 0.399 e. The van der Waals surface area contributed by atoms with Gasteiger partial charge >= 0.3 is 6.18 Å². The molecule has 46 valence electrons. The molecule has 0 fully saturated rings. The van der Waals surface area contributed by atoms with E-state index in [1.807, 2.05) is 0 Å². The second kappa shape index (κ2) is 2.47. The van der Waals surface area contributed by atoms with Crippen LogP contribution in [0.4, 0.5) is 13.2 Å². The van der Waals surface area contributed by atoms with Crippen LogP contribution in [0, 0.1) is 0 Å². The monoisotopic (exact) mass is 124 g/mol. The van der Waals surface area contributed by atoms with Crippen LogP contribution in [0.15, 0.2) is 0 Å². The molecule has 0 spiro atoms. The van der Waals surface area contributed by atoms with Crippen molar-refractivity contribution in [1.82, 2.24) is 0 Å². The van der Waals surface area contributed by atoms with Crippen LogP contribution in [0.1, 0.15) is 6.42 Å². The first-order valence-electron chi connectivity index (χ1n) is 1.79. The van der Waals surface area contributed by atoms with Crippen LogP contribution in [-0.2, 0) is 0 Å². The zero-order valence-electron chi connectivity index (χ0n) is 3.81. The van der Waals surface area contributed by atoms with E-state index in [0.29, 0.717) is 6.21 Å².